The van der Waals surface area contributed by atoms with E-state index < -0.39 is 33.7 Å². The number of ether oxygens (including phenoxy) is 2. The molecule has 0 radical (unpaired) electrons. The standard InChI is InChI=1S/C16H10BrClF3NO5/c1-8(15(18)23)26-14-7-10(3-4-12(14)22(24)25)27-13-5-2-9(6-11(13)17)16(19,20)21/h2-8H,1H3. The van der Waals surface area contributed by atoms with Gasteiger partial charge in [0.25, 0.3) is 5.24 Å². The molecule has 0 saturated carbocycles. The maximum Gasteiger partial charge on any atom is 0.416 e. The Bertz CT molecular complexity index is 891. The molecule has 0 amide bonds. The molecule has 27 heavy (non-hydrogen) atoms. The number of carbonyl (C=O) groups excluding carboxylic acids is 1. The quantitative estimate of drug-likeness (QED) is 0.309. The Balaban J connectivity index is 2.34. The summed E-state index contributed by atoms with van der Waals surface area (Å²) in [4.78, 5) is 21.5. The molecule has 6 nitrogen and oxygen atoms in total. The minimum atomic E-state index is -4.51. The predicted molar refractivity (Wildman–Crippen MR) is 93.3 cm³/mol. The zero-order valence-corrected chi connectivity index (χ0v) is 15.8. The molecule has 1 atom stereocenters. The Hall–Kier alpha value is -2.33. The van der Waals surface area contributed by atoms with E-state index in [1.807, 2.05) is 0 Å². The topological polar surface area (TPSA) is 78.7 Å². The normalized spacial score (nSPS) is 12.4. The first-order chi connectivity index (χ1) is 12.5. The predicted octanol–water partition coefficient (Wildman–Crippen LogP) is 5.70. The fourth-order valence-electron chi connectivity index (χ4n) is 1.93. The number of halogens is 5. The summed E-state index contributed by atoms with van der Waals surface area (Å²) in [5.41, 5.74) is -1.30. The fraction of sp³-hybridized carbons (Fsp3) is 0.188. The molecule has 2 rings (SSSR count). The third-order valence-electron chi connectivity index (χ3n) is 3.24. The van der Waals surface area contributed by atoms with Crippen molar-refractivity contribution >= 4 is 38.5 Å². The lowest BCUT2D eigenvalue weighted by atomic mass is 10.2. The molecular formula is C16H10BrClF3NO5. The molecule has 0 aliphatic heterocycles. The summed E-state index contributed by atoms with van der Waals surface area (Å²) in [6.45, 7) is 1.30. The number of hydrogen-bond acceptors (Lipinski definition) is 5. The van der Waals surface area contributed by atoms with Gasteiger partial charge in [0.15, 0.2) is 6.10 Å². The zero-order chi connectivity index (χ0) is 20.4. The second-order valence-electron chi connectivity index (χ2n) is 5.20. The highest BCUT2D eigenvalue weighted by Gasteiger charge is 2.31. The number of carbonyl (C=O) groups is 1. The van der Waals surface area contributed by atoms with Gasteiger partial charge in [-0.3, -0.25) is 14.9 Å². The lowest BCUT2D eigenvalue weighted by molar-refractivity contribution is -0.386. The summed E-state index contributed by atoms with van der Waals surface area (Å²) in [5.74, 6) is -0.184. The minimum absolute atomic E-state index is 0.0300. The Labute approximate surface area is 164 Å². The van der Waals surface area contributed by atoms with Gasteiger partial charge in [-0.05, 0) is 58.7 Å². The zero-order valence-electron chi connectivity index (χ0n) is 13.4. The number of nitro benzene ring substituents is 1. The molecule has 0 heterocycles. The van der Waals surface area contributed by atoms with E-state index in [0.29, 0.717) is 0 Å². The monoisotopic (exact) mass is 467 g/mol. The van der Waals surface area contributed by atoms with Crippen LogP contribution in [0.4, 0.5) is 18.9 Å². The van der Waals surface area contributed by atoms with Crippen molar-refractivity contribution in [2.75, 3.05) is 0 Å². The summed E-state index contributed by atoms with van der Waals surface area (Å²) in [6.07, 6.45) is -5.67. The largest absolute Gasteiger partial charge is 0.474 e. The highest BCUT2D eigenvalue weighted by molar-refractivity contribution is 9.10. The Morgan fingerprint density at radius 3 is 2.41 bits per heavy atom. The fourth-order valence-corrected chi connectivity index (χ4v) is 2.43. The molecule has 0 bridgehead atoms. The lowest BCUT2D eigenvalue weighted by Gasteiger charge is -2.14. The molecule has 1 unspecified atom stereocenters. The highest BCUT2D eigenvalue weighted by atomic mass is 79.9. The van der Waals surface area contributed by atoms with Crippen LogP contribution in [0.3, 0.4) is 0 Å². The number of alkyl halides is 3. The second kappa shape index (κ2) is 8.13. The molecule has 0 fully saturated rings. The third kappa shape index (κ3) is 5.33. The van der Waals surface area contributed by atoms with E-state index in [1.165, 1.54) is 13.0 Å². The SMILES string of the molecule is CC(Oc1cc(Oc2ccc(C(F)(F)F)cc2Br)ccc1[N+](=O)[O-])C(=O)Cl. The van der Waals surface area contributed by atoms with Crippen molar-refractivity contribution in [2.45, 2.75) is 19.2 Å². The number of hydrogen-bond donors (Lipinski definition) is 0. The maximum atomic E-state index is 12.7. The molecule has 0 spiro atoms. The first kappa shape index (κ1) is 21.0. The van der Waals surface area contributed by atoms with Crippen LogP contribution in [-0.2, 0) is 11.0 Å². The molecule has 144 valence electrons. The summed E-state index contributed by atoms with van der Waals surface area (Å²) in [5, 5.41) is 10.2. The molecule has 0 N–H and O–H groups in total. The van der Waals surface area contributed by atoms with Crippen molar-refractivity contribution in [3.8, 4) is 17.2 Å². The van der Waals surface area contributed by atoms with Crippen LogP contribution in [0.25, 0.3) is 0 Å². The number of benzene rings is 2. The molecule has 0 aliphatic carbocycles. The van der Waals surface area contributed by atoms with E-state index in [-0.39, 0.29) is 21.7 Å². The second-order valence-corrected chi connectivity index (χ2v) is 6.42. The van der Waals surface area contributed by atoms with Gasteiger partial charge in [-0.15, -0.1) is 0 Å². The van der Waals surface area contributed by atoms with Gasteiger partial charge in [-0.25, -0.2) is 0 Å². The molecule has 11 heteroatoms. The van der Waals surface area contributed by atoms with E-state index >= 15 is 0 Å². The van der Waals surface area contributed by atoms with Crippen LogP contribution >= 0.6 is 27.5 Å². The minimum Gasteiger partial charge on any atom is -0.474 e. The van der Waals surface area contributed by atoms with Crippen LogP contribution in [0, 0.1) is 10.1 Å². The molecule has 0 aromatic heterocycles. The van der Waals surface area contributed by atoms with E-state index in [9.17, 15) is 28.1 Å². The van der Waals surface area contributed by atoms with Crippen LogP contribution in [0.1, 0.15) is 12.5 Å². The van der Waals surface area contributed by atoms with Gasteiger partial charge >= 0.3 is 11.9 Å². The Morgan fingerprint density at radius 1 is 1.22 bits per heavy atom. The Kier molecular flexibility index (Phi) is 6.32. The van der Waals surface area contributed by atoms with Crippen molar-refractivity contribution in [3.05, 3.63) is 56.5 Å². The number of rotatable bonds is 6. The summed E-state index contributed by atoms with van der Waals surface area (Å²) >= 11 is 8.27. The first-order valence-corrected chi connectivity index (χ1v) is 8.35. The van der Waals surface area contributed by atoms with Gasteiger partial charge in [0.2, 0.25) is 5.75 Å². The molecule has 0 aliphatic rings. The smallest absolute Gasteiger partial charge is 0.416 e. The molecule has 0 saturated heterocycles. The average Bonchev–Trinajstić information content (AvgIpc) is 2.55. The van der Waals surface area contributed by atoms with Gasteiger partial charge < -0.3 is 9.47 Å². The van der Waals surface area contributed by atoms with Crippen molar-refractivity contribution < 1.29 is 32.4 Å². The van der Waals surface area contributed by atoms with Crippen LogP contribution in [0.2, 0.25) is 0 Å². The Morgan fingerprint density at radius 2 is 1.89 bits per heavy atom. The molecule has 2 aromatic rings. The van der Waals surface area contributed by atoms with Crippen LogP contribution in [-0.4, -0.2) is 16.3 Å². The lowest BCUT2D eigenvalue weighted by Crippen LogP contribution is -2.19. The van der Waals surface area contributed by atoms with Gasteiger partial charge in [0.05, 0.1) is 15.0 Å². The summed E-state index contributed by atoms with van der Waals surface area (Å²) in [7, 11) is 0. The molecular weight excluding hydrogens is 459 g/mol. The van der Waals surface area contributed by atoms with Gasteiger partial charge in [0, 0.05) is 12.1 Å². The number of nitro groups is 1. The van der Waals surface area contributed by atoms with Crippen molar-refractivity contribution in [1.82, 2.24) is 0 Å². The third-order valence-corrected chi connectivity index (χ3v) is 4.17. The summed E-state index contributed by atoms with van der Waals surface area (Å²) in [6, 6.07) is 6.22. The van der Waals surface area contributed by atoms with Gasteiger partial charge in [0.1, 0.15) is 11.5 Å². The van der Waals surface area contributed by atoms with E-state index in [0.717, 1.165) is 30.3 Å². The number of nitrogens with zero attached hydrogens (tertiary/aromatic N) is 1. The van der Waals surface area contributed by atoms with Crippen LogP contribution in [0.15, 0.2) is 40.9 Å². The highest BCUT2D eigenvalue weighted by Crippen LogP contribution is 2.38. The maximum absolute atomic E-state index is 12.7. The van der Waals surface area contributed by atoms with Crippen molar-refractivity contribution in [1.29, 1.82) is 0 Å². The van der Waals surface area contributed by atoms with Crippen LogP contribution in [0.5, 0.6) is 17.2 Å². The van der Waals surface area contributed by atoms with Crippen LogP contribution < -0.4 is 9.47 Å². The van der Waals surface area contributed by atoms with Crippen molar-refractivity contribution in [3.63, 3.8) is 0 Å². The molecule has 2 aromatic carbocycles. The average molecular weight is 469 g/mol. The van der Waals surface area contributed by atoms with E-state index in [1.54, 1.807) is 0 Å². The summed E-state index contributed by atoms with van der Waals surface area (Å²) < 4.78 is 48.8. The first-order valence-electron chi connectivity index (χ1n) is 7.18. The van der Waals surface area contributed by atoms with E-state index in [2.05, 4.69) is 15.9 Å². The van der Waals surface area contributed by atoms with Gasteiger partial charge in [-0.1, -0.05) is 0 Å². The van der Waals surface area contributed by atoms with Gasteiger partial charge in [-0.2, -0.15) is 13.2 Å². The van der Waals surface area contributed by atoms with Crippen molar-refractivity contribution in [2.24, 2.45) is 0 Å². The van der Waals surface area contributed by atoms with E-state index in [4.69, 9.17) is 21.1 Å².